The summed E-state index contributed by atoms with van der Waals surface area (Å²) in [6.07, 6.45) is 1.86. The Morgan fingerprint density at radius 2 is 2.20 bits per heavy atom. The molecule has 0 saturated carbocycles. The van der Waals surface area contributed by atoms with E-state index >= 15 is 0 Å². The van der Waals surface area contributed by atoms with Gasteiger partial charge in [0.25, 0.3) is 0 Å². The van der Waals surface area contributed by atoms with Crippen molar-refractivity contribution in [3.05, 3.63) is 11.3 Å². The number of hydrogen-bond donors (Lipinski definition) is 1. The van der Waals surface area contributed by atoms with Crippen LogP contribution in [-0.2, 0) is 0 Å². The zero-order chi connectivity index (χ0) is 7.56. The molecular formula is C6H10N2OS. The molecule has 1 aromatic rings. The van der Waals surface area contributed by atoms with E-state index in [1.165, 1.54) is 12.0 Å². The molecule has 0 aliphatic carbocycles. The summed E-state index contributed by atoms with van der Waals surface area (Å²) >= 11 is 1.30. The Kier molecular flexibility index (Phi) is 2.21. The normalized spacial score (nSPS) is 9.90. The molecule has 1 rings (SSSR count). The average molecular weight is 158 g/mol. The lowest BCUT2D eigenvalue weighted by atomic mass is 10.3. The van der Waals surface area contributed by atoms with Gasteiger partial charge in [-0.05, 0) is 13.8 Å². The van der Waals surface area contributed by atoms with Gasteiger partial charge in [0.1, 0.15) is 0 Å². The third-order valence-electron chi connectivity index (χ3n) is 1.37. The van der Waals surface area contributed by atoms with Gasteiger partial charge in [-0.1, -0.05) is 0 Å². The fraction of sp³-hybridized carbons (Fsp3) is 0.500. The van der Waals surface area contributed by atoms with Crippen molar-refractivity contribution in [2.45, 2.75) is 13.8 Å². The molecule has 56 valence electrons. The zero-order valence-electron chi connectivity index (χ0n) is 6.26. The summed E-state index contributed by atoms with van der Waals surface area (Å²) in [4.78, 5) is 0. The second-order valence-corrected chi connectivity index (χ2v) is 2.53. The molecule has 0 fully saturated rings. The Labute approximate surface area is 64.4 Å². The first-order valence-electron chi connectivity index (χ1n) is 2.98. The van der Waals surface area contributed by atoms with Crippen molar-refractivity contribution in [3.8, 4) is 5.88 Å². The van der Waals surface area contributed by atoms with Gasteiger partial charge in [-0.3, -0.25) is 5.10 Å². The second-order valence-electron chi connectivity index (χ2n) is 2.03. The first-order valence-corrected chi connectivity index (χ1v) is 4.13. The van der Waals surface area contributed by atoms with Crippen molar-refractivity contribution in [1.82, 2.24) is 10.2 Å². The standard InChI is InChI=1S/C6H10N2OS/c1-4-5(2)7-8-6(4)9-10-3/h1-3H3,(H,7,8). The zero-order valence-corrected chi connectivity index (χ0v) is 7.08. The van der Waals surface area contributed by atoms with Crippen LogP contribution in [0.15, 0.2) is 0 Å². The summed E-state index contributed by atoms with van der Waals surface area (Å²) < 4.78 is 5.13. The topological polar surface area (TPSA) is 37.9 Å². The van der Waals surface area contributed by atoms with E-state index in [4.69, 9.17) is 4.18 Å². The van der Waals surface area contributed by atoms with Gasteiger partial charge in [0.2, 0.25) is 5.88 Å². The first kappa shape index (κ1) is 7.47. The molecular weight excluding hydrogens is 148 g/mol. The third kappa shape index (κ3) is 1.26. The van der Waals surface area contributed by atoms with Crippen molar-refractivity contribution >= 4 is 12.0 Å². The molecule has 1 heterocycles. The average Bonchev–Trinajstić information content (AvgIpc) is 2.20. The maximum absolute atomic E-state index is 5.13. The molecule has 1 N–H and O–H groups in total. The Bertz CT molecular complexity index is 222. The number of aromatic nitrogens is 2. The van der Waals surface area contributed by atoms with Crippen LogP contribution in [0.1, 0.15) is 11.3 Å². The fourth-order valence-corrected chi connectivity index (χ4v) is 0.943. The van der Waals surface area contributed by atoms with Gasteiger partial charge in [0.15, 0.2) is 0 Å². The number of nitrogens with one attached hydrogen (secondary N) is 1. The van der Waals surface area contributed by atoms with E-state index in [9.17, 15) is 0 Å². The number of rotatable bonds is 2. The van der Waals surface area contributed by atoms with E-state index in [2.05, 4.69) is 10.2 Å². The van der Waals surface area contributed by atoms with Crippen LogP contribution in [-0.4, -0.2) is 16.5 Å². The van der Waals surface area contributed by atoms with Crippen molar-refractivity contribution in [3.63, 3.8) is 0 Å². The number of nitrogens with zero attached hydrogens (tertiary/aromatic N) is 1. The number of H-pyrrole nitrogens is 1. The predicted octanol–water partition coefficient (Wildman–Crippen LogP) is 1.68. The Morgan fingerprint density at radius 3 is 2.60 bits per heavy atom. The summed E-state index contributed by atoms with van der Waals surface area (Å²) in [5.74, 6) is 0.685. The minimum atomic E-state index is 0.685. The summed E-state index contributed by atoms with van der Waals surface area (Å²) in [7, 11) is 0. The molecule has 0 bridgehead atoms. The Morgan fingerprint density at radius 1 is 1.50 bits per heavy atom. The SMILES string of the molecule is CSOc1n[nH]c(C)c1C. The smallest absolute Gasteiger partial charge is 0.249 e. The molecule has 0 aliphatic heterocycles. The number of aromatic amines is 1. The van der Waals surface area contributed by atoms with Crippen LogP contribution >= 0.6 is 12.0 Å². The molecule has 1 aromatic heterocycles. The molecule has 0 atom stereocenters. The van der Waals surface area contributed by atoms with E-state index in [1.54, 1.807) is 0 Å². The fourth-order valence-electron chi connectivity index (χ4n) is 0.623. The van der Waals surface area contributed by atoms with Crippen LogP contribution in [0.25, 0.3) is 0 Å². The van der Waals surface area contributed by atoms with E-state index < -0.39 is 0 Å². The van der Waals surface area contributed by atoms with Gasteiger partial charge < -0.3 is 4.18 Å². The molecule has 3 nitrogen and oxygen atoms in total. The molecule has 0 spiro atoms. The Balaban J connectivity index is 2.83. The van der Waals surface area contributed by atoms with Crippen molar-refractivity contribution < 1.29 is 4.18 Å². The second kappa shape index (κ2) is 2.96. The van der Waals surface area contributed by atoms with Gasteiger partial charge in [0, 0.05) is 17.5 Å². The third-order valence-corrected chi connectivity index (χ3v) is 1.70. The van der Waals surface area contributed by atoms with Crippen LogP contribution < -0.4 is 4.18 Å². The number of aryl methyl sites for hydroxylation is 1. The van der Waals surface area contributed by atoms with Crippen LogP contribution in [0.4, 0.5) is 0 Å². The van der Waals surface area contributed by atoms with Crippen molar-refractivity contribution in [2.75, 3.05) is 6.26 Å². The van der Waals surface area contributed by atoms with E-state index in [0.717, 1.165) is 11.3 Å². The molecule has 0 saturated heterocycles. The highest BCUT2D eigenvalue weighted by Gasteiger charge is 2.04. The highest BCUT2D eigenvalue weighted by Crippen LogP contribution is 2.18. The lowest BCUT2D eigenvalue weighted by Gasteiger charge is -1.94. The summed E-state index contributed by atoms with van der Waals surface area (Å²) in [6, 6.07) is 0. The first-order chi connectivity index (χ1) is 4.75. The summed E-state index contributed by atoms with van der Waals surface area (Å²) in [6.45, 7) is 3.94. The van der Waals surface area contributed by atoms with E-state index in [-0.39, 0.29) is 0 Å². The Hall–Kier alpha value is -0.640. The molecule has 0 aliphatic rings. The van der Waals surface area contributed by atoms with Gasteiger partial charge in [-0.15, -0.1) is 5.10 Å². The molecule has 0 radical (unpaired) electrons. The van der Waals surface area contributed by atoms with Crippen LogP contribution in [0.2, 0.25) is 0 Å². The number of hydrogen-bond acceptors (Lipinski definition) is 3. The van der Waals surface area contributed by atoms with Gasteiger partial charge >= 0.3 is 0 Å². The van der Waals surface area contributed by atoms with E-state index in [0.29, 0.717) is 5.88 Å². The van der Waals surface area contributed by atoms with Gasteiger partial charge in [0.05, 0.1) is 12.0 Å². The predicted molar refractivity (Wildman–Crippen MR) is 42.2 cm³/mol. The highest BCUT2D eigenvalue weighted by atomic mass is 32.2. The van der Waals surface area contributed by atoms with Crippen LogP contribution in [0.3, 0.4) is 0 Å². The van der Waals surface area contributed by atoms with Gasteiger partial charge in [-0.2, -0.15) is 0 Å². The summed E-state index contributed by atoms with van der Waals surface area (Å²) in [5, 5.41) is 6.77. The maximum atomic E-state index is 5.13. The lowest BCUT2D eigenvalue weighted by molar-refractivity contribution is 0.611. The lowest BCUT2D eigenvalue weighted by Crippen LogP contribution is -1.81. The molecule has 0 amide bonds. The summed E-state index contributed by atoms with van der Waals surface area (Å²) in [5.41, 5.74) is 2.14. The minimum Gasteiger partial charge on any atom is -0.404 e. The maximum Gasteiger partial charge on any atom is 0.249 e. The van der Waals surface area contributed by atoms with Crippen molar-refractivity contribution in [1.29, 1.82) is 0 Å². The van der Waals surface area contributed by atoms with Crippen molar-refractivity contribution in [2.24, 2.45) is 0 Å². The minimum absolute atomic E-state index is 0.685. The van der Waals surface area contributed by atoms with Gasteiger partial charge in [-0.25, -0.2) is 0 Å². The monoisotopic (exact) mass is 158 g/mol. The molecule has 10 heavy (non-hydrogen) atoms. The molecule has 0 unspecified atom stereocenters. The molecule has 0 aromatic carbocycles. The highest BCUT2D eigenvalue weighted by molar-refractivity contribution is 7.94. The largest absolute Gasteiger partial charge is 0.404 e. The van der Waals surface area contributed by atoms with E-state index in [1.807, 2.05) is 20.1 Å². The molecule has 4 heteroatoms. The van der Waals surface area contributed by atoms with Crippen LogP contribution in [0, 0.1) is 13.8 Å². The van der Waals surface area contributed by atoms with Crippen LogP contribution in [0.5, 0.6) is 5.88 Å². The quantitative estimate of drug-likeness (QED) is 0.665.